The van der Waals surface area contributed by atoms with Crippen LogP contribution in [0, 0.1) is 0 Å². The van der Waals surface area contributed by atoms with E-state index in [0.717, 1.165) is 23.3 Å². The number of esters is 1. The quantitative estimate of drug-likeness (QED) is 0.504. The van der Waals surface area contributed by atoms with Gasteiger partial charge in [0.05, 0.1) is 25.8 Å². The molecule has 1 aliphatic heterocycles. The largest absolute Gasteiger partial charge is 0.497 e. The standard InChI is InChI=1S/C22H25NO5S/c1-26-16-8-11-20(27-2)18(13-16)19-5-4-12-23(19)21(24)14-28-22(25)15-6-9-17(29-3)10-7-15/h6-11,13,19H,4-5,12,14H2,1-3H3/t19-/m0/s1. The number of rotatable bonds is 7. The average Bonchev–Trinajstić information content (AvgIpc) is 3.26. The summed E-state index contributed by atoms with van der Waals surface area (Å²) in [5, 5.41) is 0. The van der Waals surface area contributed by atoms with Gasteiger partial charge in [0.2, 0.25) is 0 Å². The van der Waals surface area contributed by atoms with Crippen molar-refractivity contribution in [3.63, 3.8) is 0 Å². The molecule has 3 rings (SSSR count). The Bertz CT molecular complexity index is 868. The van der Waals surface area contributed by atoms with Crippen molar-refractivity contribution in [2.24, 2.45) is 0 Å². The van der Waals surface area contributed by atoms with Crippen LogP contribution in [-0.2, 0) is 9.53 Å². The summed E-state index contributed by atoms with van der Waals surface area (Å²) in [6, 6.07) is 12.6. The zero-order valence-electron chi connectivity index (χ0n) is 16.8. The number of thioether (sulfide) groups is 1. The van der Waals surface area contributed by atoms with E-state index in [9.17, 15) is 9.59 Å². The molecule has 0 N–H and O–H groups in total. The average molecular weight is 416 g/mol. The van der Waals surface area contributed by atoms with Crippen LogP contribution in [0.1, 0.15) is 34.8 Å². The molecule has 0 spiro atoms. The third-order valence-electron chi connectivity index (χ3n) is 5.02. The van der Waals surface area contributed by atoms with Crippen LogP contribution >= 0.6 is 11.8 Å². The molecular weight excluding hydrogens is 390 g/mol. The van der Waals surface area contributed by atoms with E-state index >= 15 is 0 Å². The van der Waals surface area contributed by atoms with Gasteiger partial charge in [-0.1, -0.05) is 0 Å². The first-order valence-corrected chi connectivity index (χ1v) is 10.6. The van der Waals surface area contributed by atoms with Crippen molar-refractivity contribution < 1.29 is 23.8 Å². The normalized spacial score (nSPS) is 15.8. The van der Waals surface area contributed by atoms with Gasteiger partial charge in [-0.25, -0.2) is 4.79 Å². The van der Waals surface area contributed by atoms with Crippen LogP contribution in [0.15, 0.2) is 47.4 Å². The molecule has 1 fully saturated rings. The molecule has 7 heteroatoms. The van der Waals surface area contributed by atoms with Gasteiger partial charge in [0, 0.05) is 17.0 Å². The number of amides is 1. The fourth-order valence-electron chi connectivity index (χ4n) is 3.51. The van der Waals surface area contributed by atoms with Gasteiger partial charge in [-0.15, -0.1) is 11.8 Å². The molecule has 0 aromatic heterocycles. The molecule has 6 nitrogen and oxygen atoms in total. The van der Waals surface area contributed by atoms with Crippen LogP contribution in [0.4, 0.5) is 0 Å². The number of hydrogen-bond acceptors (Lipinski definition) is 6. The summed E-state index contributed by atoms with van der Waals surface area (Å²) in [7, 11) is 3.21. The van der Waals surface area contributed by atoms with E-state index in [1.165, 1.54) is 0 Å². The summed E-state index contributed by atoms with van der Waals surface area (Å²) < 4.78 is 16.1. The lowest BCUT2D eigenvalue weighted by Gasteiger charge is -2.26. The summed E-state index contributed by atoms with van der Waals surface area (Å²) in [6.07, 6.45) is 3.66. The van der Waals surface area contributed by atoms with Gasteiger partial charge in [0.15, 0.2) is 6.61 Å². The number of methoxy groups -OCH3 is 2. The lowest BCUT2D eigenvalue weighted by atomic mass is 10.0. The number of ether oxygens (including phenoxy) is 3. The molecule has 0 unspecified atom stereocenters. The Morgan fingerprint density at radius 3 is 2.52 bits per heavy atom. The predicted octanol–water partition coefficient (Wildman–Crippen LogP) is 3.95. The number of nitrogens with zero attached hydrogens (tertiary/aromatic N) is 1. The van der Waals surface area contributed by atoms with Gasteiger partial charge in [0.25, 0.3) is 5.91 Å². The van der Waals surface area contributed by atoms with Crippen molar-refractivity contribution >= 4 is 23.6 Å². The van der Waals surface area contributed by atoms with E-state index in [0.29, 0.717) is 23.6 Å². The van der Waals surface area contributed by atoms with Crippen molar-refractivity contribution in [1.29, 1.82) is 0 Å². The van der Waals surface area contributed by atoms with Gasteiger partial charge in [-0.05, 0) is 61.6 Å². The molecule has 1 amide bonds. The second-order valence-corrected chi connectivity index (χ2v) is 7.54. The van der Waals surface area contributed by atoms with Gasteiger partial charge < -0.3 is 19.1 Å². The van der Waals surface area contributed by atoms with Gasteiger partial charge >= 0.3 is 5.97 Å². The maximum Gasteiger partial charge on any atom is 0.338 e. The molecule has 0 bridgehead atoms. The van der Waals surface area contributed by atoms with Crippen LogP contribution in [-0.4, -0.2) is 50.4 Å². The van der Waals surface area contributed by atoms with Crippen molar-refractivity contribution in [2.75, 3.05) is 33.6 Å². The molecule has 1 aliphatic rings. The Morgan fingerprint density at radius 1 is 1.10 bits per heavy atom. The van der Waals surface area contributed by atoms with Gasteiger partial charge in [-0.3, -0.25) is 4.79 Å². The highest BCUT2D eigenvalue weighted by molar-refractivity contribution is 7.98. The van der Waals surface area contributed by atoms with E-state index in [1.807, 2.05) is 36.6 Å². The Morgan fingerprint density at radius 2 is 1.86 bits per heavy atom. The van der Waals surface area contributed by atoms with E-state index in [-0.39, 0.29) is 18.6 Å². The Hall–Kier alpha value is -2.67. The molecule has 1 saturated heterocycles. The number of hydrogen-bond donors (Lipinski definition) is 0. The second kappa shape index (κ2) is 9.69. The highest BCUT2D eigenvalue weighted by Crippen LogP contribution is 2.38. The lowest BCUT2D eigenvalue weighted by Crippen LogP contribution is -2.34. The maximum absolute atomic E-state index is 12.8. The molecule has 1 heterocycles. The van der Waals surface area contributed by atoms with Gasteiger partial charge in [-0.2, -0.15) is 0 Å². The summed E-state index contributed by atoms with van der Waals surface area (Å²) in [5.74, 6) is 0.703. The topological polar surface area (TPSA) is 65.1 Å². The van der Waals surface area contributed by atoms with Crippen LogP contribution in [0.2, 0.25) is 0 Å². The molecule has 2 aromatic rings. The van der Waals surface area contributed by atoms with E-state index in [1.54, 1.807) is 43.0 Å². The summed E-state index contributed by atoms with van der Waals surface area (Å²) in [6.45, 7) is 0.329. The monoisotopic (exact) mass is 415 g/mol. The first-order chi connectivity index (χ1) is 14.1. The van der Waals surface area contributed by atoms with Crippen molar-refractivity contribution in [3.05, 3.63) is 53.6 Å². The summed E-state index contributed by atoms with van der Waals surface area (Å²) in [4.78, 5) is 27.9. The fourth-order valence-corrected chi connectivity index (χ4v) is 3.92. The Balaban J connectivity index is 1.68. The maximum atomic E-state index is 12.8. The minimum absolute atomic E-state index is 0.132. The molecule has 0 aliphatic carbocycles. The zero-order chi connectivity index (χ0) is 20.8. The number of carbonyl (C=O) groups excluding carboxylic acids is 2. The van der Waals surface area contributed by atoms with Crippen molar-refractivity contribution in [3.8, 4) is 11.5 Å². The van der Waals surface area contributed by atoms with E-state index in [4.69, 9.17) is 14.2 Å². The zero-order valence-corrected chi connectivity index (χ0v) is 17.7. The molecule has 0 saturated carbocycles. The molecule has 1 atom stereocenters. The molecule has 154 valence electrons. The van der Waals surface area contributed by atoms with Crippen LogP contribution in [0.3, 0.4) is 0 Å². The summed E-state index contributed by atoms with van der Waals surface area (Å²) >= 11 is 1.60. The van der Waals surface area contributed by atoms with E-state index in [2.05, 4.69) is 0 Å². The fraction of sp³-hybridized carbons (Fsp3) is 0.364. The van der Waals surface area contributed by atoms with Crippen molar-refractivity contribution in [1.82, 2.24) is 4.90 Å². The minimum Gasteiger partial charge on any atom is -0.497 e. The van der Waals surface area contributed by atoms with Gasteiger partial charge in [0.1, 0.15) is 11.5 Å². The SMILES string of the molecule is COc1ccc(OC)c([C@@H]2CCCN2C(=O)COC(=O)c2ccc(SC)cc2)c1. The number of likely N-dealkylation sites (tertiary alicyclic amines) is 1. The first kappa shape index (κ1) is 21.0. The predicted molar refractivity (Wildman–Crippen MR) is 112 cm³/mol. The van der Waals surface area contributed by atoms with E-state index < -0.39 is 5.97 Å². The Kier molecular flexibility index (Phi) is 7.04. The third-order valence-corrected chi connectivity index (χ3v) is 5.77. The molecule has 0 radical (unpaired) electrons. The molecule has 29 heavy (non-hydrogen) atoms. The highest BCUT2D eigenvalue weighted by atomic mass is 32.2. The highest BCUT2D eigenvalue weighted by Gasteiger charge is 2.32. The van der Waals surface area contributed by atoms with Crippen LogP contribution in [0.5, 0.6) is 11.5 Å². The lowest BCUT2D eigenvalue weighted by molar-refractivity contribution is -0.135. The molecule has 2 aromatic carbocycles. The third kappa shape index (κ3) is 4.85. The van der Waals surface area contributed by atoms with Crippen LogP contribution in [0.25, 0.3) is 0 Å². The van der Waals surface area contributed by atoms with Crippen LogP contribution < -0.4 is 9.47 Å². The molecular formula is C22H25NO5S. The Labute approximate surface area is 175 Å². The second-order valence-electron chi connectivity index (χ2n) is 6.66. The number of carbonyl (C=O) groups is 2. The smallest absolute Gasteiger partial charge is 0.338 e. The number of benzene rings is 2. The first-order valence-electron chi connectivity index (χ1n) is 9.40. The summed E-state index contributed by atoms with van der Waals surface area (Å²) in [5.41, 5.74) is 1.33. The van der Waals surface area contributed by atoms with Crippen molar-refractivity contribution in [2.45, 2.75) is 23.8 Å². The minimum atomic E-state index is -0.499.